The summed E-state index contributed by atoms with van der Waals surface area (Å²) in [6, 6.07) is -0.0161. The van der Waals surface area contributed by atoms with Gasteiger partial charge in [-0.2, -0.15) is 0 Å². The SMILES string of the molecule is CC1CO[C@H](CO)CN1C(=O)OC(C)(C)C. The van der Waals surface area contributed by atoms with Gasteiger partial charge in [-0.05, 0) is 27.7 Å². The van der Waals surface area contributed by atoms with Gasteiger partial charge in [0, 0.05) is 0 Å². The van der Waals surface area contributed by atoms with Gasteiger partial charge in [0.2, 0.25) is 0 Å². The van der Waals surface area contributed by atoms with Crippen LogP contribution in [0.15, 0.2) is 0 Å². The predicted octanol–water partition coefficient (Wildman–Crippen LogP) is 1.00. The number of morpholine rings is 1. The van der Waals surface area contributed by atoms with E-state index in [1.54, 1.807) is 4.90 Å². The van der Waals surface area contributed by atoms with Crippen LogP contribution in [0.4, 0.5) is 4.79 Å². The summed E-state index contributed by atoms with van der Waals surface area (Å²) in [6.07, 6.45) is -0.648. The third kappa shape index (κ3) is 3.64. The third-order valence-corrected chi connectivity index (χ3v) is 2.34. The first-order chi connectivity index (χ1) is 7.33. The van der Waals surface area contributed by atoms with E-state index in [0.717, 1.165) is 0 Å². The van der Waals surface area contributed by atoms with Crippen LogP contribution in [-0.2, 0) is 9.47 Å². The van der Waals surface area contributed by atoms with Crippen molar-refractivity contribution in [2.24, 2.45) is 0 Å². The van der Waals surface area contributed by atoms with Crippen molar-refractivity contribution in [3.8, 4) is 0 Å². The average molecular weight is 231 g/mol. The Balaban J connectivity index is 2.59. The van der Waals surface area contributed by atoms with Crippen molar-refractivity contribution in [2.75, 3.05) is 19.8 Å². The molecule has 0 aromatic rings. The normalized spacial score (nSPS) is 26.7. The van der Waals surface area contributed by atoms with E-state index < -0.39 is 5.60 Å². The minimum atomic E-state index is -0.496. The number of amides is 1. The number of hydrogen-bond acceptors (Lipinski definition) is 4. The zero-order chi connectivity index (χ0) is 12.3. The van der Waals surface area contributed by atoms with Gasteiger partial charge in [-0.1, -0.05) is 0 Å². The Kier molecular flexibility index (Phi) is 4.15. The fraction of sp³-hybridized carbons (Fsp3) is 0.909. The van der Waals surface area contributed by atoms with E-state index in [-0.39, 0.29) is 24.8 Å². The second kappa shape index (κ2) is 5.01. The van der Waals surface area contributed by atoms with Crippen LogP contribution in [0, 0.1) is 0 Å². The molecule has 1 saturated heterocycles. The Bertz CT molecular complexity index is 249. The van der Waals surface area contributed by atoms with Crippen LogP contribution in [0.25, 0.3) is 0 Å². The molecule has 0 radical (unpaired) electrons. The van der Waals surface area contributed by atoms with Gasteiger partial charge < -0.3 is 19.5 Å². The predicted molar refractivity (Wildman–Crippen MR) is 59.2 cm³/mol. The second-order valence-corrected chi connectivity index (χ2v) is 5.12. The van der Waals surface area contributed by atoms with Crippen LogP contribution in [0.2, 0.25) is 0 Å². The molecule has 0 bridgehead atoms. The minimum absolute atomic E-state index is 0.0161. The third-order valence-electron chi connectivity index (χ3n) is 2.34. The number of aliphatic hydroxyl groups excluding tert-OH is 1. The number of hydrogen-bond donors (Lipinski definition) is 1. The Labute approximate surface area is 96.3 Å². The summed E-state index contributed by atoms with van der Waals surface area (Å²) in [5.74, 6) is 0. The molecule has 16 heavy (non-hydrogen) atoms. The van der Waals surface area contributed by atoms with Crippen LogP contribution >= 0.6 is 0 Å². The lowest BCUT2D eigenvalue weighted by Crippen LogP contribution is -2.53. The largest absolute Gasteiger partial charge is 0.444 e. The summed E-state index contributed by atoms with van der Waals surface area (Å²) < 4.78 is 10.6. The molecule has 0 aromatic carbocycles. The fourth-order valence-electron chi connectivity index (χ4n) is 1.50. The van der Waals surface area contributed by atoms with Gasteiger partial charge in [-0.3, -0.25) is 0 Å². The molecule has 1 unspecified atom stereocenters. The van der Waals surface area contributed by atoms with Gasteiger partial charge in [-0.15, -0.1) is 0 Å². The van der Waals surface area contributed by atoms with Crippen molar-refractivity contribution in [3.63, 3.8) is 0 Å². The molecule has 0 aliphatic carbocycles. The lowest BCUT2D eigenvalue weighted by Gasteiger charge is -2.38. The number of carbonyl (C=O) groups excluding carboxylic acids is 1. The maximum Gasteiger partial charge on any atom is 0.410 e. The van der Waals surface area contributed by atoms with Gasteiger partial charge in [0.1, 0.15) is 5.60 Å². The number of carbonyl (C=O) groups is 1. The minimum Gasteiger partial charge on any atom is -0.444 e. The smallest absolute Gasteiger partial charge is 0.410 e. The van der Waals surface area contributed by atoms with E-state index >= 15 is 0 Å². The van der Waals surface area contributed by atoms with Gasteiger partial charge in [0.25, 0.3) is 0 Å². The monoisotopic (exact) mass is 231 g/mol. The fourth-order valence-corrected chi connectivity index (χ4v) is 1.50. The first-order valence-electron chi connectivity index (χ1n) is 5.55. The van der Waals surface area contributed by atoms with E-state index in [1.807, 2.05) is 27.7 Å². The van der Waals surface area contributed by atoms with Crippen molar-refractivity contribution in [3.05, 3.63) is 0 Å². The first kappa shape index (κ1) is 13.3. The quantitative estimate of drug-likeness (QED) is 0.731. The molecule has 0 spiro atoms. The molecule has 2 atom stereocenters. The Morgan fingerprint density at radius 2 is 2.19 bits per heavy atom. The number of aliphatic hydroxyl groups is 1. The molecule has 1 rings (SSSR count). The molecule has 1 fully saturated rings. The van der Waals surface area contributed by atoms with Crippen LogP contribution in [0.1, 0.15) is 27.7 Å². The Morgan fingerprint density at radius 3 is 2.69 bits per heavy atom. The summed E-state index contributed by atoms with van der Waals surface area (Å²) in [4.78, 5) is 13.5. The van der Waals surface area contributed by atoms with E-state index in [1.165, 1.54) is 0 Å². The molecule has 5 heteroatoms. The standard InChI is InChI=1S/C11H21NO4/c1-8-7-15-9(6-13)5-12(8)10(14)16-11(2,3)4/h8-9,13H,5-7H2,1-4H3/t8?,9-/m0/s1. The van der Waals surface area contributed by atoms with Crippen molar-refractivity contribution in [2.45, 2.75) is 45.4 Å². The number of nitrogens with zero attached hydrogens (tertiary/aromatic N) is 1. The van der Waals surface area contributed by atoms with E-state index in [4.69, 9.17) is 14.6 Å². The average Bonchev–Trinajstić information content (AvgIpc) is 2.15. The van der Waals surface area contributed by atoms with Gasteiger partial charge >= 0.3 is 6.09 Å². The van der Waals surface area contributed by atoms with Crippen molar-refractivity contribution >= 4 is 6.09 Å². The van der Waals surface area contributed by atoms with Crippen molar-refractivity contribution in [1.29, 1.82) is 0 Å². The maximum absolute atomic E-state index is 11.9. The van der Waals surface area contributed by atoms with Gasteiger partial charge in [-0.25, -0.2) is 4.79 Å². The van der Waals surface area contributed by atoms with Crippen LogP contribution in [0.5, 0.6) is 0 Å². The molecule has 1 aliphatic rings. The molecule has 94 valence electrons. The van der Waals surface area contributed by atoms with E-state index in [2.05, 4.69) is 0 Å². The molecular weight excluding hydrogens is 210 g/mol. The highest BCUT2D eigenvalue weighted by Gasteiger charge is 2.32. The van der Waals surface area contributed by atoms with Crippen LogP contribution in [-0.4, -0.2) is 53.6 Å². The summed E-state index contributed by atoms with van der Waals surface area (Å²) >= 11 is 0. The summed E-state index contributed by atoms with van der Waals surface area (Å²) in [6.45, 7) is 8.14. The zero-order valence-corrected chi connectivity index (χ0v) is 10.4. The Morgan fingerprint density at radius 1 is 1.56 bits per heavy atom. The van der Waals surface area contributed by atoms with Crippen molar-refractivity contribution in [1.82, 2.24) is 4.90 Å². The summed E-state index contributed by atoms with van der Waals surface area (Å²) in [5, 5.41) is 9.01. The van der Waals surface area contributed by atoms with Crippen molar-refractivity contribution < 1.29 is 19.4 Å². The first-order valence-corrected chi connectivity index (χ1v) is 5.55. The second-order valence-electron chi connectivity index (χ2n) is 5.12. The molecule has 1 N–H and O–H groups in total. The van der Waals surface area contributed by atoms with Gasteiger partial charge in [0.05, 0.1) is 31.9 Å². The summed E-state index contributed by atoms with van der Waals surface area (Å²) in [7, 11) is 0. The lowest BCUT2D eigenvalue weighted by molar-refractivity contribution is -0.0806. The molecule has 0 saturated carbocycles. The zero-order valence-electron chi connectivity index (χ0n) is 10.4. The highest BCUT2D eigenvalue weighted by atomic mass is 16.6. The van der Waals surface area contributed by atoms with E-state index in [9.17, 15) is 4.79 Å². The number of ether oxygens (including phenoxy) is 2. The molecule has 5 nitrogen and oxygen atoms in total. The molecular formula is C11H21NO4. The lowest BCUT2D eigenvalue weighted by atomic mass is 10.2. The van der Waals surface area contributed by atoms with Crippen LogP contribution < -0.4 is 0 Å². The number of rotatable bonds is 1. The molecule has 1 heterocycles. The van der Waals surface area contributed by atoms with E-state index in [0.29, 0.717) is 13.2 Å². The van der Waals surface area contributed by atoms with Crippen LogP contribution in [0.3, 0.4) is 0 Å². The topological polar surface area (TPSA) is 59.0 Å². The molecule has 0 aromatic heterocycles. The highest BCUT2D eigenvalue weighted by Crippen LogP contribution is 2.16. The van der Waals surface area contributed by atoms with Gasteiger partial charge in [0.15, 0.2) is 0 Å². The maximum atomic E-state index is 11.9. The molecule has 1 amide bonds. The Hall–Kier alpha value is -0.810. The highest BCUT2D eigenvalue weighted by molar-refractivity contribution is 5.68. The molecule has 1 aliphatic heterocycles. The summed E-state index contributed by atoms with van der Waals surface area (Å²) in [5.41, 5.74) is -0.496.